The van der Waals surface area contributed by atoms with E-state index in [-0.39, 0.29) is 31.0 Å². The fourth-order valence-corrected chi connectivity index (χ4v) is 1.96. The molecule has 0 spiro atoms. The van der Waals surface area contributed by atoms with Gasteiger partial charge in [-0.2, -0.15) is 0 Å². The average Bonchev–Trinajstić information content (AvgIpc) is 2.04. The second-order valence-corrected chi connectivity index (χ2v) is 4.19. The maximum Gasteiger partial charge on any atom is 1.00 e. The third kappa shape index (κ3) is 3.39. The Labute approximate surface area is 105 Å². The van der Waals surface area contributed by atoms with Crippen molar-refractivity contribution in [1.29, 1.82) is 0 Å². The summed E-state index contributed by atoms with van der Waals surface area (Å²) in [7, 11) is -2.14. The van der Waals surface area contributed by atoms with Gasteiger partial charge in [0.05, 0.1) is 0 Å². The first-order valence-corrected chi connectivity index (χ1v) is 4.78. The maximum atomic E-state index is 10.6. The zero-order chi connectivity index (χ0) is 9.84. The minimum atomic E-state index is -2.14. The molecule has 0 fully saturated rings. The topological polar surface area (TPSA) is 74.6 Å². The molecule has 70 valence electrons. The van der Waals surface area contributed by atoms with Crippen LogP contribution in [-0.2, 0) is 0 Å². The fraction of sp³-hybridized carbons (Fsp3) is 0. The van der Waals surface area contributed by atoms with Gasteiger partial charge in [0, 0.05) is 0 Å². The van der Waals surface area contributed by atoms with Gasteiger partial charge >= 0.3 is 41.0 Å². The van der Waals surface area contributed by atoms with E-state index in [4.69, 9.17) is 10.2 Å². The van der Waals surface area contributed by atoms with Gasteiger partial charge in [0.15, 0.2) is 7.92 Å². The van der Waals surface area contributed by atoms with E-state index >= 15 is 0 Å². The Bertz CT molecular complexity index is 319. The van der Waals surface area contributed by atoms with Crippen molar-refractivity contribution in [2.24, 2.45) is 0 Å². The summed E-state index contributed by atoms with van der Waals surface area (Å²) in [5.41, 5.74) is -2.57. The molecule has 6 heteroatoms. The molecule has 1 aromatic rings. The Kier molecular flexibility index (Phi) is 5.96. The second-order valence-electron chi connectivity index (χ2n) is 2.24. The predicted octanol–water partition coefficient (Wildman–Crippen LogP) is -0.734. The molecular formula is C8H8NaO4P. The molecule has 4 nitrogen and oxygen atoms in total. The van der Waals surface area contributed by atoms with Crippen LogP contribution < -0.4 is 34.9 Å². The van der Waals surface area contributed by atoms with Crippen LogP contribution in [0, 0.1) is 0 Å². The van der Waals surface area contributed by atoms with Gasteiger partial charge in [-0.1, -0.05) is 30.3 Å². The summed E-state index contributed by atoms with van der Waals surface area (Å²) in [6, 6.07) is 7.97. The van der Waals surface area contributed by atoms with Crippen LogP contribution in [0.3, 0.4) is 0 Å². The second kappa shape index (κ2) is 6.14. The summed E-state index contributed by atoms with van der Waals surface area (Å²) in [5.74, 6) is 0. The van der Waals surface area contributed by atoms with Crippen LogP contribution in [0.2, 0.25) is 0 Å². The molecule has 0 atom stereocenters. The molecule has 1 aromatic carbocycles. The molecule has 0 bridgehead atoms. The van der Waals surface area contributed by atoms with Crippen LogP contribution in [0.25, 0.3) is 0 Å². The molecule has 0 heterocycles. The van der Waals surface area contributed by atoms with Gasteiger partial charge in [-0.3, -0.25) is 0 Å². The number of rotatable bonds is 3. The van der Waals surface area contributed by atoms with Crippen molar-refractivity contribution >= 4 is 24.6 Å². The molecule has 0 saturated carbocycles. The van der Waals surface area contributed by atoms with Crippen molar-refractivity contribution < 1.29 is 50.8 Å². The first kappa shape index (κ1) is 13.6. The van der Waals surface area contributed by atoms with E-state index in [0.29, 0.717) is 5.30 Å². The largest absolute Gasteiger partial charge is 1.00 e. The number of hydrogen-bond acceptors (Lipinski definition) is 2. The summed E-state index contributed by atoms with van der Waals surface area (Å²) >= 11 is 0. The third-order valence-electron chi connectivity index (χ3n) is 1.40. The first-order chi connectivity index (χ1) is 6.13. The van der Waals surface area contributed by atoms with E-state index in [1.807, 2.05) is 0 Å². The molecule has 0 aliphatic rings. The summed E-state index contributed by atoms with van der Waals surface area (Å²) in [6.07, 6.45) is 0. The standard InChI is InChI=1S/C8H7O4P.Na.H/c9-7(10)13(8(11)12)6-4-2-1-3-5-6;;/h1-5H,(H,9,10)(H,11,12);;/q;+1;-1. The van der Waals surface area contributed by atoms with Crippen LogP contribution in [0.5, 0.6) is 0 Å². The molecule has 0 aliphatic heterocycles. The Morgan fingerprint density at radius 2 is 1.50 bits per heavy atom. The van der Waals surface area contributed by atoms with Crippen molar-refractivity contribution in [2.45, 2.75) is 0 Å². The van der Waals surface area contributed by atoms with Crippen molar-refractivity contribution in [3.63, 3.8) is 0 Å². The summed E-state index contributed by atoms with van der Waals surface area (Å²) in [4.78, 5) is 21.2. The molecule has 1 rings (SSSR count). The van der Waals surface area contributed by atoms with E-state index in [9.17, 15) is 9.59 Å². The Hall–Kier alpha value is -0.410. The van der Waals surface area contributed by atoms with Crippen LogP contribution in [0.4, 0.5) is 9.59 Å². The number of carboxylic acid groups (broad SMARTS) is 2. The van der Waals surface area contributed by atoms with E-state index in [0.717, 1.165) is 0 Å². The Morgan fingerprint density at radius 3 is 1.86 bits per heavy atom. The van der Waals surface area contributed by atoms with E-state index in [2.05, 4.69) is 0 Å². The van der Waals surface area contributed by atoms with Gasteiger partial charge in [0.25, 0.3) is 0 Å². The fourth-order valence-electron chi connectivity index (χ4n) is 0.880. The van der Waals surface area contributed by atoms with Gasteiger partial charge in [-0.05, 0) is 5.30 Å². The van der Waals surface area contributed by atoms with Crippen molar-refractivity contribution in [3.8, 4) is 0 Å². The monoisotopic (exact) mass is 222 g/mol. The molecule has 14 heavy (non-hydrogen) atoms. The normalized spacial score (nSPS) is 9.21. The molecule has 0 unspecified atom stereocenters. The molecule has 2 N–H and O–H groups in total. The minimum Gasteiger partial charge on any atom is -1.00 e. The van der Waals surface area contributed by atoms with Gasteiger partial charge in [0.2, 0.25) is 0 Å². The van der Waals surface area contributed by atoms with Gasteiger partial charge in [-0.15, -0.1) is 0 Å². The zero-order valence-electron chi connectivity index (χ0n) is 8.54. The number of hydrogen-bond donors (Lipinski definition) is 2. The molecule has 0 amide bonds. The van der Waals surface area contributed by atoms with E-state index in [1.165, 1.54) is 12.1 Å². The minimum absolute atomic E-state index is 0. The third-order valence-corrected chi connectivity index (χ3v) is 2.98. The average molecular weight is 222 g/mol. The molecule has 0 radical (unpaired) electrons. The van der Waals surface area contributed by atoms with Crippen LogP contribution >= 0.6 is 7.92 Å². The van der Waals surface area contributed by atoms with Crippen LogP contribution in [0.15, 0.2) is 30.3 Å². The van der Waals surface area contributed by atoms with E-state index < -0.39 is 19.3 Å². The van der Waals surface area contributed by atoms with E-state index in [1.54, 1.807) is 18.2 Å². The molecular weight excluding hydrogens is 214 g/mol. The smallest absolute Gasteiger partial charge is 1.00 e. The first-order valence-electron chi connectivity index (χ1n) is 3.44. The van der Waals surface area contributed by atoms with Crippen molar-refractivity contribution in [1.82, 2.24) is 0 Å². The van der Waals surface area contributed by atoms with Crippen LogP contribution in [0.1, 0.15) is 1.43 Å². The predicted molar refractivity (Wildman–Crippen MR) is 50.2 cm³/mol. The molecule has 0 aromatic heterocycles. The van der Waals surface area contributed by atoms with Gasteiger partial charge in [-0.25, -0.2) is 9.59 Å². The summed E-state index contributed by atoms with van der Waals surface area (Å²) in [6.45, 7) is 0. The number of benzene rings is 1. The van der Waals surface area contributed by atoms with Gasteiger partial charge < -0.3 is 11.6 Å². The van der Waals surface area contributed by atoms with Crippen LogP contribution in [-0.4, -0.2) is 21.6 Å². The zero-order valence-corrected chi connectivity index (χ0v) is 10.4. The van der Waals surface area contributed by atoms with Gasteiger partial charge in [0.1, 0.15) is 0 Å². The SMILES string of the molecule is O=C(O)P(C(=O)O)c1ccccc1.[H-].[Na+]. The maximum absolute atomic E-state index is 10.6. The Morgan fingerprint density at radius 1 is 1.07 bits per heavy atom. The van der Waals surface area contributed by atoms with Crippen molar-refractivity contribution in [2.75, 3.05) is 0 Å². The van der Waals surface area contributed by atoms with Crippen molar-refractivity contribution in [3.05, 3.63) is 30.3 Å². The quantitative estimate of drug-likeness (QED) is 0.522. The summed E-state index contributed by atoms with van der Waals surface area (Å²) < 4.78 is 0. The summed E-state index contributed by atoms with van der Waals surface area (Å²) in [5, 5.41) is 17.6. The number of carbonyl (C=O) groups is 2. The molecule has 0 aliphatic carbocycles. The molecule has 0 saturated heterocycles. The Balaban J connectivity index is 0.